The van der Waals surface area contributed by atoms with Crippen molar-refractivity contribution in [2.24, 2.45) is 13.0 Å². The van der Waals surface area contributed by atoms with Crippen molar-refractivity contribution in [3.8, 4) is 0 Å². The van der Waals surface area contributed by atoms with Crippen LogP contribution in [0.4, 0.5) is 0 Å². The van der Waals surface area contributed by atoms with Gasteiger partial charge in [0, 0.05) is 19.0 Å². The monoisotopic (exact) mass is 322 g/mol. The second-order valence-electron chi connectivity index (χ2n) is 6.81. The number of hydrogen-bond donors (Lipinski definition) is 1. The maximum absolute atomic E-state index is 12.4. The zero-order chi connectivity index (χ0) is 15.7. The summed E-state index contributed by atoms with van der Waals surface area (Å²) in [4.78, 5) is 12.4. The lowest BCUT2D eigenvalue weighted by molar-refractivity contribution is -0.121. The summed E-state index contributed by atoms with van der Waals surface area (Å²) in [6, 6.07) is 0.339. The molecule has 2 saturated carbocycles. The van der Waals surface area contributed by atoms with Crippen LogP contribution >= 0.6 is 11.8 Å². The summed E-state index contributed by atoms with van der Waals surface area (Å²) in [5, 5.41) is 12.5. The predicted molar refractivity (Wildman–Crippen MR) is 87.9 cm³/mol. The predicted octanol–water partition coefficient (Wildman–Crippen LogP) is 2.87. The van der Waals surface area contributed by atoms with Gasteiger partial charge in [-0.1, -0.05) is 31.5 Å². The third kappa shape index (κ3) is 3.47. The minimum Gasteiger partial charge on any atom is -0.352 e. The zero-order valence-corrected chi connectivity index (χ0v) is 14.5. The second kappa shape index (κ2) is 6.60. The summed E-state index contributed by atoms with van der Waals surface area (Å²) in [6.07, 6.45) is 7.28. The first kappa shape index (κ1) is 15.8. The van der Waals surface area contributed by atoms with E-state index in [1.807, 2.05) is 14.0 Å². The molecule has 1 N–H and O–H groups in total. The Morgan fingerprint density at radius 3 is 2.68 bits per heavy atom. The normalized spacial score (nSPS) is 26.7. The van der Waals surface area contributed by atoms with E-state index in [0.29, 0.717) is 17.9 Å². The molecule has 0 spiro atoms. The molecule has 1 aromatic rings. The molecule has 122 valence electrons. The molecular formula is C16H26N4OS. The van der Waals surface area contributed by atoms with E-state index in [1.165, 1.54) is 43.9 Å². The van der Waals surface area contributed by atoms with Gasteiger partial charge in [-0.15, -0.1) is 10.2 Å². The van der Waals surface area contributed by atoms with Gasteiger partial charge >= 0.3 is 0 Å². The smallest absolute Gasteiger partial charge is 0.233 e. The first-order valence-corrected chi connectivity index (χ1v) is 9.30. The fourth-order valence-corrected chi connectivity index (χ4v) is 4.00. The van der Waals surface area contributed by atoms with Crippen molar-refractivity contribution in [2.45, 2.75) is 74.7 Å². The highest BCUT2D eigenvalue weighted by Gasteiger charge is 2.30. The van der Waals surface area contributed by atoms with Crippen molar-refractivity contribution in [2.75, 3.05) is 0 Å². The van der Waals surface area contributed by atoms with Gasteiger partial charge < -0.3 is 9.88 Å². The Labute approximate surface area is 136 Å². The van der Waals surface area contributed by atoms with E-state index in [9.17, 15) is 4.79 Å². The van der Waals surface area contributed by atoms with E-state index >= 15 is 0 Å². The molecule has 3 rings (SSSR count). The summed E-state index contributed by atoms with van der Waals surface area (Å²) in [5.41, 5.74) is 0. The largest absolute Gasteiger partial charge is 0.352 e. The summed E-state index contributed by atoms with van der Waals surface area (Å²) in [5.74, 6) is 2.36. The second-order valence-corrected chi connectivity index (χ2v) is 8.12. The Kier molecular flexibility index (Phi) is 4.76. The molecule has 0 aromatic carbocycles. The van der Waals surface area contributed by atoms with E-state index in [4.69, 9.17) is 0 Å². The fourth-order valence-electron chi connectivity index (χ4n) is 3.17. The number of thioether (sulfide) groups is 1. The van der Waals surface area contributed by atoms with Gasteiger partial charge in [0.1, 0.15) is 5.82 Å². The standard InChI is InChI=1S/C16H26N4OS/c1-10-6-4-5-7-13(10)17-15(21)11(2)22-16-19-18-14(20(16)3)12-8-9-12/h10-13H,4-9H2,1-3H3,(H,17,21)/t10-,11-,13-/m1/s1. The molecular weight excluding hydrogens is 296 g/mol. The van der Waals surface area contributed by atoms with E-state index in [2.05, 4.69) is 27.0 Å². The van der Waals surface area contributed by atoms with Gasteiger partial charge in [-0.25, -0.2) is 0 Å². The lowest BCUT2D eigenvalue weighted by atomic mass is 9.86. The lowest BCUT2D eigenvalue weighted by Crippen LogP contribution is -2.44. The lowest BCUT2D eigenvalue weighted by Gasteiger charge is -2.30. The van der Waals surface area contributed by atoms with Crippen LogP contribution in [-0.4, -0.2) is 32.0 Å². The first-order valence-electron chi connectivity index (χ1n) is 8.42. The summed E-state index contributed by atoms with van der Waals surface area (Å²) >= 11 is 1.51. The van der Waals surface area contributed by atoms with E-state index in [0.717, 1.165) is 17.4 Å². The number of carbonyl (C=O) groups excluding carboxylic acids is 1. The van der Waals surface area contributed by atoms with Gasteiger partial charge in [-0.05, 0) is 38.5 Å². The Balaban J connectivity index is 1.56. The molecule has 2 aliphatic carbocycles. The van der Waals surface area contributed by atoms with Crippen molar-refractivity contribution in [3.63, 3.8) is 0 Å². The molecule has 1 heterocycles. The zero-order valence-electron chi connectivity index (χ0n) is 13.7. The van der Waals surface area contributed by atoms with Crippen LogP contribution in [0.2, 0.25) is 0 Å². The summed E-state index contributed by atoms with van der Waals surface area (Å²) in [7, 11) is 2.00. The molecule has 0 saturated heterocycles. The van der Waals surface area contributed by atoms with Crippen molar-refractivity contribution in [3.05, 3.63) is 5.82 Å². The molecule has 1 amide bonds. The van der Waals surface area contributed by atoms with Gasteiger partial charge in [0.2, 0.25) is 5.91 Å². The number of amides is 1. The fraction of sp³-hybridized carbons (Fsp3) is 0.812. The summed E-state index contributed by atoms with van der Waals surface area (Å²) < 4.78 is 2.05. The van der Waals surface area contributed by atoms with Crippen molar-refractivity contribution in [1.82, 2.24) is 20.1 Å². The minimum absolute atomic E-state index is 0.125. The number of rotatable bonds is 5. The molecule has 6 heteroatoms. The van der Waals surface area contributed by atoms with Crippen molar-refractivity contribution in [1.29, 1.82) is 0 Å². The molecule has 0 aliphatic heterocycles. The maximum Gasteiger partial charge on any atom is 0.233 e. The quantitative estimate of drug-likeness (QED) is 0.847. The van der Waals surface area contributed by atoms with Crippen LogP contribution in [0.25, 0.3) is 0 Å². The minimum atomic E-state index is -0.135. The van der Waals surface area contributed by atoms with Gasteiger partial charge in [0.15, 0.2) is 5.16 Å². The van der Waals surface area contributed by atoms with Crippen molar-refractivity contribution < 1.29 is 4.79 Å². The SMILES string of the molecule is C[C@@H]1CCCC[C@H]1NC(=O)[C@@H](C)Sc1nnc(C2CC2)n1C. The number of carbonyl (C=O) groups is 1. The molecule has 22 heavy (non-hydrogen) atoms. The highest BCUT2D eigenvalue weighted by molar-refractivity contribution is 8.00. The highest BCUT2D eigenvalue weighted by atomic mass is 32.2. The Bertz CT molecular complexity index is 540. The summed E-state index contributed by atoms with van der Waals surface area (Å²) in [6.45, 7) is 4.20. The van der Waals surface area contributed by atoms with E-state index < -0.39 is 0 Å². The number of aromatic nitrogens is 3. The number of nitrogens with zero attached hydrogens (tertiary/aromatic N) is 3. The molecule has 2 aliphatic rings. The molecule has 5 nitrogen and oxygen atoms in total. The number of nitrogens with one attached hydrogen (secondary N) is 1. The van der Waals surface area contributed by atoms with Crippen LogP contribution in [0.5, 0.6) is 0 Å². The molecule has 2 fully saturated rings. The third-order valence-corrected chi connectivity index (χ3v) is 6.04. The molecule has 1 aromatic heterocycles. The third-order valence-electron chi connectivity index (χ3n) is 4.90. The Morgan fingerprint density at radius 1 is 1.27 bits per heavy atom. The van der Waals surface area contributed by atoms with E-state index in [1.54, 1.807) is 0 Å². The highest BCUT2D eigenvalue weighted by Crippen LogP contribution is 2.39. The van der Waals surface area contributed by atoms with E-state index in [-0.39, 0.29) is 11.2 Å². The molecule has 0 radical (unpaired) electrons. The number of hydrogen-bond acceptors (Lipinski definition) is 4. The average molecular weight is 322 g/mol. The first-order chi connectivity index (χ1) is 10.6. The molecule has 0 bridgehead atoms. The van der Waals surface area contributed by atoms with Crippen LogP contribution in [-0.2, 0) is 11.8 Å². The average Bonchev–Trinajstić information content (AvgIpc) is 3.27. The van der Waals surface area contributed by atoms with Gasteiger partial charge in [-0.3, -0.25) is 4.79 Å². The van der Waals surface area contributed by atoms with Gasteiger partial charge in [-0.2, -0.15) is 0 Å². The van der Waals surface area contributed by atoms with Gasteiger partial charge in [0.05, 0.1) is 5.25 Å². The Morgan fingerprint density at radius 2 is 2.00 bits per heavy atom. The topological polar surface area (TPSA) is 59.8 Å². The molecule has 3 atom stereocenters. The van der Waals surface area contributed by atoms with Crippen LogP contribution < -0.4 is 5.32 Å². The van der Waals surface area contributed by atoms with Crippen LogP contribution in [0.1, 0.15) is 64.1 Å². The van der Waals surface area contributed by atoms with Crippen LogP contribution in [0.3, 0.4) is 0 Å². The van der Waals surface area contributed by atoms with Gasteiger partial charge in [0.25, 0.3) is 0 Å². The Hall–Kier alpha value is -1.04. The van der Waals surface area contributed by atoms with Crippen molar-refractivity contribution >= 4 is 17.7 Å². The van der Waals surface area contributed by atoms with Crippen LogP contribution in [0.15, 0.2) is 5.16 Å². The van der Waals surface area contributed by atoms with Crippen LogP contribution in [0, 0.1) is 5.92 Å². The molecule has 0 unspecified atom stereocenters. The maximum atomic E-state index is 12.4.